The summed E-state index contributed by atoms with van der Waals surface area (Å²) >= 11 is 0. The highest BCUT2D eigenvalue weighted by molar-refractivity contribution is 5.99. The van der Waals surface area contributed by atoms with Crippen LogP contribution in [0.4, 0.5) is 0 Å². The van der Waals surface area contributed by atoms with Crippen LogP contribution in [-0.2, 0) is 13.2 Å². The number of carbonyl (C=O) groups excluding carboxylic acids is 1. The number of para-hydroxylation sites is 1. The van der Waals surface area contributed by atoms with Gasteiger partial charge in [0.25, 0.3) is 5.91 Å². The Morgan fingerprint density at radius 2 is 1.55 bits per heavy atom. The first-order valence-corrected chi connectivity index (χ1v) is 13.4. The lowest BCUT2D eigenvalue weighted by Gasteiger charge is -2.26. The number of benzene rings is 4. The molecule has 0 aliphatic carbocycles. The molecule has 6 rings (SSSR count). The van der Waals surface area contributed by atoms with Crippen LogP contribution in [0.2, 0.25) is 0 Å². The average Bonchev–Trinajstić information content (AvgIpc) is 3.25. The Balaban J connectivity index is 1.45. The smallest absolute Gasteiger partial charge is 0.291 e. The molecule has 6 heteroatoms. The van der Waals surface area contributed by atoms with Gasteiger partial charge in [0.1, 0.15) is 12.2 Å². The lowest BCUT2D eigenvalue weighted by atomic mass is 9.97. The van der Waals surface area contributed by atoms with Crippen LogP contribution in [0, 0.1) is 6.92 Å². The molecule has 1 aliphatic rings. The molecule has 0 spiro atoms. The maximum atomic E-state index is 13.8. The summed E-state index contributed by atoms with van der Waals surface area (Å²) in [6.45, 7) is 5.08. The number of hydrogen-bond donors (Lipinski definition) is 0. The minimum absolute atomic E-state index is 0.0863. The lowest BCUT2D eigenvalue weighted by molar-refractivity contribution is 0.0714. The fraction of sp³-hybridized carbons (Fsp3) is 0.176. The Morgan fingerprint density at radius 1 is 0.800 bits per heavy atom. The molecule has 1 aliphatic heterocycles. The first kappa shape index (κ1) is 25.4. The Labute approximate surface area is 232 Å². The molecule has 0 radical (unpaired) electrons. The minimum atomic E-state index is -0.646. The summed E-state index contributed by atoms with van der Waals surface area (Å²) < 4.78 is 18.2. The van der Waals surface area contributed by atoms with E-state index < -0.39 is 6.04 Å². The van der Waals surface area contributed by atoms with Gasteiger partial charge in [0, 0.05) is 6.54 Å². The van der Waals surface area contributed by atoms with Crippen molar-refractivity contribution in [3.8, 4) is 11.5 Å². The van der Waals surface area contributed by atoms with Gasteiger partial charge >= 0.3 is 0 Å². The molecular formula is C34H29NO5. The minimum Gasteiger partial charge on any atom is -0.490 e. The van der Waals surface area contributed by atoms with E-state index in [1.165, 1.54) is 0 Å². The molecule has 1 amide bonds. The maximum Gasteiger partial charge on any atom is 0.291 e. The lowest BCUT2D eigenvalue weighted by Crippen LogP contribution is -2.29. The third-order valence-corrected chi connectivity index (χ3v) is 7.17. The number of carbonyl (C=O) groups is 1. The van der Waals surface area contributed by atoms with E-state index in [-0.39, 0.29) is 17.1 Å². The Morgan fingerprint density at radius 3 is 2.33 bits per heavy atom. The van der Waals surface area contributed by atoms with Gasteiger partial charge in [-0.25, -0.2) is 0 Å². The van der Waals surface area contributed by atoms with Gasteiger partial charge in [-0.2, -0.15) is 0 Å². The fourth-order valence-corrected chi connectivity index (χ4v) is 5.18. The fourth-order valence-electron chi connectivity index (χ4n) is 5.18. The first-order chi connectivity index (χ1) is 19.5. The molecule has 40 heavy (non-hydrogen) atoms. The number of hydrogen-bond acceptors (Lipinski definition) is 5. The third kappa shape index (κ3) is 4.73. The SMILES string of the molecule is CCOc1cc(C2c3c(oc4ccccc4c3=O)C(=O)N2Cc2ccc(C)cc2)ccc1OCc1ccccc1. The van der Waals surface area contributed by atoms with Crippen LogP contribution in [-0.4, -0.2) is 17.4 Å². The zero-order valence-corrected chi connectivity index (χ0v) is 22.4. The predicted octanol–water partition coefficient (Wildman–Crippen LogP) is 6.82. The van der Waals surface area contributed by atoms with Gasteiger partial charge < -0.3 is 18.8 Å². The second kappa shape index (κ2) is 10.7. The highest BCUT2D eigenvalue weighted by Crippen LogP contribution is 2.42. The van der Waals surface area contributed by atoms with E-state index in [0.717, 1.165) is 22.3 Å². The molecule has 0 N–H and O–H groups in total. The summed E-state index contributed by atoms with van der Waals surface area (Å²) in [7, 11) is 0. The topological polar surface area (TPSA) is 69.0 Å². The van der Waals surface area contributed by atoms with Crippen molar-refractivity contribution in [1.29, 1.82) is 0 Å². The molecule has 5 aromatic rings. The van der Waals surface area contributed by atoms with E-state index in [0.29, 0.717) is 47.8 Å². The van der Waals surface area contributed by atoms with Gasteiger partial charge in [0.05, 0.1) is 23.6 Å². The van der Waals surface area contributed by atoms with Gasteiger partial charge in [-0.3, -0.25) is 9.59 Å². The largest absolute Gasteiger partial charge is 0.490 e. The van der Waals surface area contributed by atoms with E-state index in [1.807, 2.05) is 86.6 Å². The highest BCUT2D eigenvalue weighted by Gasteiger charge is 2.43. The zero-order valence-electron chi connectivity index (χ0n) is 22.4. The quantitative estimate of drug-likeness (QED) is 0.220. The number of nitrogens with zero attached hydrogens (tertiary/aromatic N) is 1. The second-order valence-electron chi connectivity index (χ2n) is 9.90. The number of rotatable bonds is 8. The molecule has 1 atom stereocenters. The van der Waals surface area contributed by atoms with Crippen molar-refractivity contribution in [2.24, 2.45) is 0 Å². The van der Waals surface area contributed by atoms with Crippen LogP contribution in [0.15, 0.2) is 106 Å². The Bertz CT molecular complexity index is 1740. The van der Waals surface area contributed by atoms with Crippen LogP contribution in [0.1, 0.15) is 51.3 Å². The van der Waals surface area contributed by atoms with E-state index >= 15 is 0 Å². The van der Waals surface area contributed by atoms with Crippen molar-refractivity contribution < 1.29 is 18.7 Å². The van der Waals surface area contributed by atoms with Crippen molar-refractivity contribution in [1.82, 2.24) is 4.90 Å². The van der Waals surface area contributed by atoms with Crippen molar-refractivity contribution in [2.45, 2.75) is 33.0 Å². The summed E-state index contributed by atoms with van der Waals surface area (Å²) in [5.74, 6) is 0.917. The van der Waals surface area contributed by atoms with Gasteiger partial charge in [-0.15, -0.1) is 0 Å². The second-order valence-corrected chi connectivity index (χ2v) is 9.90. The summed E-state index contributed by atoms with van der Waals surface area (Å²) in [4.78, 5) is 29.4. The normalized spacial score (nSPS) is 14.4. The number of ether oxygens (including phenoxy) is 2. The molecule has 200 valence electrons. The maximum absolute atomic E-state index is 13.8. The molecular weight excluding hydrogens is 502 g/mol. The molecule has 1 unspecified atom stereocenters. The highest BCUT2D eigenvalue weighted by atomic mass is 16.5. The van der Waals surface area contributed by atoms with E-state index in [4.69, 9.17) is 13.9 Å². The zero-order chi connectivity index (χ0) is 27.6. The number of amides is 1. The number of aryl methyl sites for hydroxylation is 1. The van der Waals surface area contributed by atoms with Crippen molar-refractivity contribution in [3.63, 3.8) is 0 Å². The van der Waals surface area contributed by atoms with Crippen molar-refractivity contribution in [2.75, 3.05) is 6.61 Å². The van der Waals surface area contributed by atoms with Crippen LogP contribution >= 0.6 is 0 Å². The third-order valence-electron chi connectivity index (χ3n) is 7.17. The Kier molecular flexibility index (Phi) is 6.83. The standard InChI is InChI=1S/C34H29NO5/c1-3-38-29-19-25(17-18-28(29)39-21-24-9-5-4-6-10-24)31-30-32(36)26-11-7-8-12-27(26)40-33(30)34(37)35(31)20-23-15-13-22(2)14-16-23/h4-19,31H,3,20-21H2,1-2H3. The monoisotopic (exact) mass is 531 g/mol. The molecule has 6 nitrogen and oxygen atoms in total. The molecule has 0 saturated carbocycles. The summed E-state index contributed by atoms with van der Waals surface area (Å²) in [5, 5.41) is 0.448. The molecule has 2 heterocycles. The Hall–Kier alpha value is -4.84. The number of fused-ring (bicyclic) bond motifs is 2. The van der Waals surface area contributed by atoms with Crippen molar-refractivity contribution >= 4 is 16.9 Å². The van der Waals surface area contributed by atoms with Crippen LogP contribution in [0.5, 0.6) is 11.5 Å². The summed E-state index contributed by atoms with van der Waals surface area (Å²) in [5.41, 5.74) is 4.42. The van der Waals surface area contributed by atoms with Crippen LogP contribution < -0.4 is 14.9 Å². The van der Waals surface area contributed by atoms with Crippen LogP contribution in [0.3, 0.4) is 0 Å². The van der Waals surface area contributed by atoms with Gasteiger partial charge in [-0.05, 0) is 54.8 Å². The summed E-state index contributed by atoms with van der Waals surface area (Å²) in [6, 6.07) is 29.9. The average molecular weight is 532 g/mol. The first-order valence-electron chi connectivity index (χ1n) is 13.4. The molecule has 0 bridgehead atoms. The summed E-state index contributed by atoms with van der Waals surface area (Å²) in [6.07, 6.45) is 0. The molecule has 0 fully saturated rings. The van der Waals surface area contributed by atoms with E-state index in [1.54, 1.807) is 29.2 Å². The molecule has 1 aromatic heterocycles. The molecule has 4 aromatic carbocycles. The van der Waals surface area contributed by atoms with Gasteiger partial charge in [0.2, 0.25) is 5.76 Å². The van der Waals surface area contributed by atoms with Gasteiger partial charge in [-0.1, -0.05) is 78.4 Å². The van der Waals surface area contributed by atoms with Crippen molar-refractivity contribution in [3.05, 3.63) is 141 Å². The van der Waals surface area contributed by atoms with Crippen LogP contribution in [0.25, 0.3) is 11.0 Å². The predicted molar refractivity (Wildman–Crippen MR) is 154 cm³/mol. The van der Waals surface area contributed by atoms with E-state index in [9.17, 15) is 9.59 Å². The molecule has 0 saturated heterocycles. The van der Waals surface area contributed by atoms with E-state index in [2.05, 4.69) is 0 Å². The van der Waals surface area contributed by atoms with Gasteiger partial charge in [0.15, 0.2) is 16.9 Å².